The Kier molecular flexibility index (Phi) is 4.20. The number of hydrogen-bond acceptors (Lipinski definition) is 4. The Balaban J connectivity index is 1.49. The molecule has 0 aromatic carbocycles. The van der Waals surface area contributed by atoms with E-state index in [1.807, 2.05) is 0 Å². The predicted octanol–water partition coefficient (Wildman–Crippen LogP) is 2.21. The summed E-state index contributed by atoms with van der Waals surface area (Å²) in [6.45, 7) is 5.56. The van der Waals surface area contributed by atoms with Gasteiger partial charge in [-0.25, -0.2) is 0 Å². The molecule has 3 fully saturated rings. The molecule has 0 aliphatic carbocycles. The number of fused-ring (bicyclic) bond motifs is 1. The van der Waals surface area contributed by atoms with Crippen molar-refractivity contribution in [1.82, 2.24) is 9.80 Å². The number of carbonyl (C=O) groups is 1. The number of hydrogen-bond donors (Lipinski definition) is 0. The van der Waals surface area contributed by atoms with Crippen LogP contribution in [0.4, 0.5) is 0 Å². The van der Waals surface area contributed by atoms with Crippen LogP contribution in [0.15, 0.2) is 16.8 Å². The van der Waals surface area contributed by atoms with Gasteiger partial charge in [0.2, 0.25) is 5.91 Å². The number of nitrogens with zero attached hydrogens (tertiary/aromatic N) is 2. The average Bonchev–Trinajstić information content (AvgIpc) is 3.27. The fourth-order valence-corrected chi connectivity index (χ4v) is 4.92. The maximum Gasteiger partial charge on any atom is 0.227 e. The summed E-state index contributed by atoms with van der Waals surface area (Å²) in [5, 5.41) is 4.33. The predicted molar refractivity (Wildman–Crippen MR) is 86.7 cm³/mol. The summed E-state index contributed by atoms with van der Waals surface area (Å²) in [6.07, 6.45) is 3.65. The van der Waals surface area contributed by atoms with Crippen LogP contribution < -0.4 is 0 Å². The van der Waals surface area contributed by atoms with Crippen LogP contribution in [0.5, 0.6) is 0 Å². The SMILES string of the molecule is O=C([C@@H]1CN(Cc2ccsc2)C[C@H]2OCC[C@H]21)N1CCCC1. The molecule has 1 aromatic rings. The molecule has 0 radical (unpaired) electrons. The van der Waals surface area contributed by atoms with Crippen LogP contribution in [-0.4, -0.2) is 54.6 Å². The maximum absolute atomic E-state index is 12.9. The standard InChI is InChI=1S/C17H24N2O2S/c20-17(19-5-1-2-6-19)15-10-18(9-13-4-8-22-12-13)11-16-14(15)3-7-21-16/h4,8,12,14-16H,1-3,5-7,9-11H2/t14-,15+,16+/m0/s1. The Bertz CT molecular complexity index is 513. The van der Waals surface area contributed by atoms with Crippen molar-refractivity contribution in [3.05, 3.63) is 22.4 Å². The van der Waals surface area contributed by atoms with Gasteiger partial charge in [0.15, 0.2) is 0 Å². The summed E-state index contributed by atoms with van der Waals surface area (Å²) in [5.41, 5.74) is 1.36. The van der Waals surface area contributed by atoms with Crippen molar-refractivity contribution in [1.29, 1.82) is 0 Å². The minimum atomic E-state index is 0.137. The number of carbonyl (C=O) groups excluding carboxylic acids is 1. The molecule has 0 bridgehead atoms. The zero-order valence-corrected chi connectivity index (χ0v) is 13.8. The molecule has 5 heteroatoms. The van der Waals surface area contributed by atoms with Crippen LogP contribution in [-0.2, 0) is 16.1 Å². The molecule has 3 atom stereocenters. The van der Waals surface area contributed by atoms with Gasteiger partial charge < -0.3 is 9.64 Å². The average molecular weight is 320 g/mol. The first-order valence-corrected chi connectivity index (χ1v) is 9.39. The molecule has 22 heavy (non-hydrogen) atoms. The number of amides is 1. The van der Waals surface area contributed by atoms with Crippen molar-refractivity contribution in [2.75, 3.05) is 32.8 Å². The van der Waals surface area contributed by atoms with E-state index in [1.165, 1.54) is 18.4 Å². The third-order valence-electron chi connectivity index (χ3n) is 5.39. The van der Waals surface area contributed by atoms with Gasteiger partial charge in [-0.2, -0.15) is 11.3 Å². The smallest absolute Gasteiger partial charge is 0.227 e. The van der Waals surface area contributed by atoms with Gasteiger partial charge in [-0.1, -0.05) is 0 Å². The minimum absolute atomic E-state index is 0.137. The van der Waals surface area contributed by atoms with E-state index in [9.17, 15) is 4.79 Å². The quantitative estimate of drug-likeness (QED) is 0.856. The number of rotatable bonds is 3. The lowest BCUT2D eigenvalue weighted by atomic mass is 9.81. The van der Waals surface area contributed by atoms with Crippen molar-refractivity contribution in [2.45, 2.75) is 31.9 Å². The van der Waals surface area contributed by atoms with Crippen LogP contribution >= 0.6 is 11.3 Å². The van der Waals surface area contributed by atoms with E-state index in [0.29, 0.717) is 11.8 Å². The summed E-state index contributed by atoms with van der Waals surface area (Å²) in [7, 11) is 0. The van der Waals surface area contributed by atoms with E-state index >= 15 is 0 Å². The Morgan fingerprint density at radius 3 is 2.95 bits per heavy atom. The number of likely N-dealkylation sites (tertiary alicyclic amines) is 2. The van der Waals surface area contributed by atoms with E-state index in [1.54, 1.807) is 11.3 Å². The highest BCUT2D eigenvalue weighted by Crippen LogP contribution is 2.35. The van der Waals surface area contributed by atoms with Crippen LogP contribution in [0.1, 0.15) is 24.8 Å². The second kappa shape index (κ2) is 6.30. The van der Waals surface area contributed by atoms with Crippen LogP contribution in [0, 0.1) is 11.8 Å². The molecule has 0 N–H and O–H groups in total. The van der Waals surface area contributed by atoms with Gasteiger partial charge in [0, 0.05) is 45.2 Å². The first-order valence-electron chi connectivity index (χ1n) is 8.45. The minimum Gasteiger partial charge on any atom is -0.377 e. The van der Waals surface area contributed by atoms with Gasteiger partial charge >= 0.3 is 0 Å². The zero-order chi connectivity index (χ0) is 14.9. The normalized spacial score (nSPS) is 32.4. The molecule has 3 aliphatic heterocycles. The highest BCUT2D eigenvalue weighted by molar-refractivity contribution is 7.07. The molecular weight excluding hydrogens is 296 g/mol. The Labute approximate surface area is 136 Å². The molecule has 0 unspecified atom stereocenters. The van der Waals surface area contributed by atoms with Crippen molar-refractivity contribution in [3.63, 3.8) is 0 Å². The monoisotopic (exact) mass is 320 g/mol. The number of piperidine rings is 1. The fourth-order valence-electron chi connectivity index (χ4n) is 4.26. The van der Waals surface area contributed by atoms with Crippen LogP contribution in [0.3, 0.4) is 0 Å². The lowest BCUT2D eigenvalue weighted by Gasteiger charge is -2.40. The largest absolute Gasteiger partial charge is 0.377 e. The van der Waals surface area contributed by atoms with E-state index in [2.05, 4.69) is 26.6 Å². The summed E-state index contributed by atoms with van der Waals surface area (Å²) < 4.78 is 5.94. The van der Waals surface area contributed by atoms with Gasteiger partial charge in [-0.15, -0.1) is 0 Å². The molecule has 0 spiro atoms. The third-order valence-corrected chi connectivity index (χ3v) is 6.12. The highest BCUT2D eigenvalue weighted by atomic mass is 32.1. The van der Waals surface area contributed by atoms with Gasteiger partial charge in [-0.3, -0.25) is 9.69 Å². The molecule has 1 amide bonds. The Morgan fingerprint density at radius 1 is 1.32 bits per heavy atom. The molecule has 4 heterocycles. The third kappa shape index (κ3) is 2.82. The molecule has 3 saturated heterocycles. The van der Waals surface area contributed by atoms with E-state index < -0.39 is 0 Å². The summed E-state index contributed by atoms with van der Waals surface area (Å²) in [6, 6.07) is 2.18. The second-order valence-corrected chi connectivity index (χ2v) is 7.61. The van der Waals surface area contributed by atoms with Crippen molar-refractivity contribution in [2.24, 2.45) is 11.8 Å². The second-order valence-electron chi connectivity index (χ2n) is 6.83. The summed E-state index contributed by atoms with van der Waals surface area (Å²) >= 11 is 1.74. The first kappa shape index (κ1) is 14.7. The van der Waals surface area contributed by atoms with Crippen molar-refractivity contribution < 1.29 is 9.53 Å². The van der Waals surface area contributed by atoms with E-state index in [0.717, 1.165) is 45.8 Å². The van der Waals surface area contributed by atoms with Crippen molar-refractivity contribution in [3.8, 4) is 0 Å². The van der Waals surface area contributed by atoms with E-state index in [-0.39, 0.29) is 12.0 Å². The number of ether oxygens (including phenoxy) is 1. The van der Waals surface area contributed by atoms with Crippen LogP contribution in [0.25, 0.3) is 0 Å². The fraction of sp³-hybridized carbons (Fsp3) is 0.706. The van der Waals surface area contributed by atoms with E-state index in [4.69, 9.17) is 4.74 Å². The molecule has 4 rings (SSSR count). The highest BCUT2D eigenvalue weighted by Gasteiger charge is 2.45. The first-order chi connectivity index (χ1) is 10.8. The molecule has 0 saturated carbocycles. The number of thiophene rings is 1. The zero-order valence-electron chi connectivity index (χ0n) is 12.9. The lowest BCUT2D eigenvalue weighted by Crippen LogP contribution is -2.52. The van der Waals surface area contributed by atoms with Crippen molar-refractivity contribution >= 4 is 17.2 Å². The summed E-state index contributed by atoms with van der Waals surface area (Å²) in [4.78, 5) is 17.5. The van der Waals surface area contributed by atoms with Gasteiger partial charge in [0.05, 0.1) is 12.0 Å². The molecular formula is C17H24N2O2S. The summed E-state index contributed by atoms with van der Waals surface area (Å²) in [5.74, 6) is 0.956. The van der Waals surface area contributed by atoms with Gasteiger partial charge in [-0.05, 0) is 41.7 Å². The Hall–Kier alpha value is -0.910. The molecule has 4 nitrogen and oxygen atoms in total. The molecule has 120 valence electrons. The lowest BCUT2D eigenvalue weighted by molar-refractivity contribution is -0.140. The maximum atomic E-state index is 12.9. The van der Waals surface area contributed by atoms with Gasteiger partial charge in [0.25, 0.3) is 0 Å². The van der Waals surface area contributed by atoms with Gasteiger partial charge in [0.1, 0.15) is 0 Å². The topological polar surface area (TPSA) is 32.8 Å². The molecule has 3 aliphatic rings. The molecule has 1 aromatic heterocycles. The Morgan fingerprint density at radius 2 is 2.18 bits per heavy atom. The van der Waals surface area contributed by atoms with Crippen LogP contribution in [0.2, 0.25) is 0 Å².